The van der Waals surface area contributed by atoms with Crippen LogP contribution in [0, 0.1) is 12.7 Å². The molecule has 3 aromatic heterocycles. The predicted octanol–water partition coefficient (Wildman–Crippen LogP) is 4.60. The third kappa shape index (κ3) is 4.34. The molecule has 5 rings (SSSR count). The van der Waals surface area contributed by atoms with E-state index in [1.54, 1.807) is 31.3 Å². The second-order valence-corrected chi connectivity index (χ2v) is 8.53. The number of hydrogen-bond donors (Lipinski definition) is 1. The van der Waals surface area contributed by atoms with E-state index in [0.29, 0.717) is 33.6 Å². The van der Waals surface area contributed by atoms with Crippen molar-refractivity contribution in [2.45, 2.75) is 33.0 Å². The first kappa shape index (κ1) is 22.0. The number of amides is 1. The van der Waals surface area contributed by atoms with Gasteiger partial charge in [0.15, 0.2) is 0 Å². The topological polar surface area (TPSA) is 93.4 Å². The van der Waals surface area contributed by atoms with Crippen LogP contribution in [-0.4, -0.2) is 46.3 Å². The zero-order chi connectivity index (χ0) is 23.8. The SMILES string of the molecule is Cc1noc2nc(-c3ccc(F)cc3)cc(C(=O)Nc3ccc(N4CC(C)OC(C)C4)nc3)c12. The summed E-state index contributed by atoms with van der Waals surface area (Å²) >= 11 is 0. The van der Waals surface area contributed by atoms with Crippen LogP contribution in [0.25, 0.3) is 22.4 Å². The molecule has 174 valence electrons. The number of pyridine rings is 2. The lowest BCUT2D eigenvalue weighted by molar-refractivity contribution is -0.00545. The molecule has 2 atom stereocenters. The van der Waals surface area contributed by atoms with Crippen LogP contribution < -0.4 is 10.2 Å². The van der Waals surface area contributed by atoms with Crippen LogP contribution in [0.4, 0.5) is 15.9 Å². The number of ether oxygens (including phenoxy) is 1. The summed E-state index contributed by atoms with van der Waals surface area (Å²) < 4.78 is 24.5. The number of aromatic nitrogens is 3. The first-order valence-electron chi connectivity index (χ1n) is 11.1. The number of carbonyl (C=O) groups is 1. The molecule has 9 heteroatoms. The summed E-state index contributed by atoms with van der Waals surface area (Å²) in [6.07, 6.45) is 1.89. The maximum atomic E-state index is 13.4. The molecule has 0 spiro atoms. The summed E-state index contributed by atoms with van der Waals surface area (Å²) in [5, 5.41) is 7.40. The Morgan fingerprint density at radius 1 is 1.12 bits per heavy atom. The van der Waals surface area contributed by atoms with Gasteiger partial charge in [-0.25, -0.2) is 14.4 Å². The average molecular weight is 461 g/mol. The van der Waals surface area contributed by atoms with Gasteiger partial charge in [0.25, 0.3) is 11.6 Å². The van der Waals surface area contributed by atoms with Gasteiger partial charge in [-0.2, -0.15) is 0 Å². The van der Waals surface area contributed by atoms with Gasteiger partial charge in [0, 0.05) is 18.7 Å². The van der Waals surface area contributed by atoms with Crippen molar-refractivity contribution in [2.75, 3.05) is 23.3 Å². The monoisotopic (exact) mass is 461 g/mol. The van der Waals surface area contributed by atoms with Crippen LogP contribution in [0.2, 0.25) is 0 Å². The normalized spacial score (nSPS) is 18.3. The minimum absolute atomic E-state index is 0.126. The van der Waals surface area contributed by atoms with Crippen molar-refractivity contribution in [3.63, 3.8) is 0 Å². The Balaban J connectivity index is 1.42. The number of halogens is 1. The molecule has 1 fully saturated rings. The molecule has 0 aliphatic carbocycles. The molecule has 1 aliphatic rings. The highest BCUT2D eigenvalue weighted by Crippen LogP contribution is 2.28. The Morgan fingerprint density at radius 3 is 2.53 bits per heavy atom. The molecule has 4 heterocycles. The molecule has 2 unspecified atom stereocenters. The van der Waals surface area contributed by atoms with Crippen molar-refractivity contribution in [1.82, 2.24) is 15.1 Å². The van der Waals surface area contributed by atoms with Gasteiger partial charge in [0.2, 0.25) is 0 Å². The highest BCUT2D eigenvalue weighted by Gasteiger charge is 2.23. The zero-order valence-corrected chi connectivity index (χ0v) is 19.1. The number of nitrogens with one attached hydrogen (secondary N) is 1. The number of hydrogen-bond acceptors (Lipinski definition) is 7. The number of benzene rings is 1. The molecule has 0 bridgehead atoms. The van der Waals surface area contributed by atoms with Gasteiger partial charge < -0.3 is 19.5 Å². The predicted molar refractivity (Wildman–Crippen MR) is 126 cm³/mol. The fourth-order valence-electron chi connectivity index (χ4n) is 4.25. The van der Waals surface area contributed by atoms with Crippen LogP contribution >= 0.6 is 0 Å². The van der Waals surface area contributed by atoms with Gasteiger partial charge in [-0.05, 0) is 63.2 Å². The molecule has 1 N–H and O–H groups in total. The van der Waals surface area contributed by atoms with Gasteiger partial charge in [-0.3, -0.25) is 4.79 Å². The van der Waals surface area contributed by atoms with Crippen LogP contribution in [0.3, 0.4) is 0 Å². The number of carbonyl (C=O) groups excluding carboxylic acids is 1. The van der Waals surface area contributed by atoms with Crippen LogP contribution in [0.15, 0.2) is 53.2 Å². The summed E-state index contributed by atoms with van der Waals surface area (Å²) in [7, 11) is 0. The maximum Gasteiger partial charge on any atom is 0.259 e. The number of nitrogens with zero attached hydrogens (tertiary/aromatic N) is 4. The Hall–Kier alpha value is -3.85. The fourth-order valence-corrected chi connectivity index (χ4v) is 4.25. The highest BCUT2D eigenvalue weighted by molar-refractivity contribution is 6.13. The Labute approximate surface area is 195 Å². The van der Waals surface area contributed by atoms with Gasteiger partial charge in [0.05, 0.1) is 46.4 Å². The Bertz CT molecular complexity index is 1330. The van der Waals surface area contributed by atoms with Crippen molar-refractivity contribution >= 4 is 28.5 Å². The summed E-state index contributed by atoms with van der Waals surface area (Å²) in [6, 6.07) is 11.3. The second-order valence-electron chi connectivity index (χ2n) is 8.53. The van der Waals surface area contributed by atoms with Gasteiger partial charge >= 0.3 is 0 Å². The van der Waals surface area contributed by atoms with Crippen molar-refractivity contribution in [2.24, 2.45) is 0 Å². The highest BCUT2D eigenvalue weighted by atomic mass is 19.1. The molecular formula is C25H24FN5O3. The quantitative estimate of drug-likeness (QED) is 0.475. The van der Waals surface area contributed by atoms with E-state index in [2.05, 4.69) is 25.3 Å². The number of rotatable bonds is 4. The zero-order valence-electron chi connectivity index (χ0n) is 19.1. The summed E-state index contributed by atoms with van der Waals surface area (Å²) in [5.74, 6) is 0.139. The average Bonchev–Trinajstić information content (AvgIpc) is 3.19. The maximum absolute atomic E-state index is 13.4. The largest absolute Gasteiger partial charge is 0.372 e. The van der Waals surface area contributed by atoms with E-state index < -0.39 is 0 Å². The second kappa shape index (κ2) is 8.83. The third-order valence-electron chi connectivity index (χ3n) is 5.75. The standard InChI is InChI=1S/C25H24FN5O3/c1-14-12-31(13-15(2)33-14)22-9-8-19(11-27-22)28-24(32)20-10-21(17-4-6-18(26)7-5-17)29-25-23(20)16(3)30-34-25/h4-11,14-15H,12-13H2,1-3H3,(H,28,32). The van der Waals surface area contributed by atoms with Gasteiger partial charge in [-0.1, -0.05) is 5.16 Å². The Morgan fingerprint density at radius 2 is 1.85 bits per heavy atom. The minimum atomic E-state index is -0.352. The van der Waals surface area contributed by atoms with E-state index in [0.717, 1.165) is 18.9 Å². The van der Waals surface area contributed by atoms with Crippen molar-refractivity contribution in [3.8, 4) is 11.3 Å². The lowest BCUT2D eigenvalue weighted by atomic mass is 10.0. The first-order valence-corrected chi connectivity index (χ1v) is 11.1. The fraction of sp³-hybridized carbons (Fsp3) is 0.280. The summed E-state index contributed by atoms with van der Waals surface area (Å²) in [6.45, 7) is 7.36. The van der Waals surface area contributed by atoms with E-state index in [1.165, 1.54) is 12.1 Å². The Kier molecular flexibility index (Phi) is 5.70. The van der Waals surface area contributed by atoms with E-state index in [4.69, 9.17) is 9.26 Å². The molecule has 8 nitrogen and oxygen atoms in total. The summed E-state index contributed by atoms with van der Waals surface area (Å²) in [4.78, 5) is 24.4. The van der Waals surface area contributed by atoms with E-state index in [9.17, 15) is 9.18 Å². The van der Waals surface area contributed by atoms with E-state index in [-0.39, 0.29) is 29.6 Å². The molecule has 1 aromatic carbocycles. The van der Waals surface area contributed by atoms with Crippen molar-refractivity contribution in [3.05, 3.63) is 65.7 Å². The van der Waals surface area contributed by atoms with Gasteiger partial charge in [-0.15, -0.1) is 0 Å². The molecular weight excluding hydrogens is 437 g/mol. The number of aryl methyl sites for hydroxylation is 1. The van der Waals surface area contributed by atoms with Crippen LogP contribution in [0.1, 0.15) is 29.9 Å². The minimum Gasteiger partial charge on any atom is -0.372 e. The first-order chi connectivity index (χ1) is 16.4. The molecule has 4 aromatic rings. The molecule has 1 amide bonds. The van der Waals surface area contributed by atoms with Crippen molar-refractivity contribution < 1.29 is 18.4 Å². The van der Waals surface area contributed by atoms with E-state index in [1.807, 2.05) is 26.0 Å². The molecule has 34 heavy (non-hydrogen) atoms. The number of anilines is 2. The lowest BCUT2D eigenvalue weighted by Gasteiger charge is -2.36. The van der Waals surface area contributed by atoms with Crippen LogP contribution in [-0.2, 0) is 4.74 Å². The molecule has 0 saturated carbocycles. The molecule has 1 saturated heterocycles. The molecule has 1 aliphatic heterocycles. The smallest absolute Gasteiger partial charge is 0.259 e. The van der Waals surface area contributed by atoms with Crippen LogP contribution in [0.5, 0.6) is 0 Å². The lowest BCUT2D eigenvalue weighted by Crippen LogP contribution is -2.45. The van der Waals surface area contributed by atoms with Gasteiger partial charge in [0.1, 0.15) is 11.6 Å². The van der Waals surface area contributed by atoms with Crippen molar-refractivity contribution in [1.29, 1.82) is 0 Å². The molecule has 0 radical (unpaired) electrons. The van der Waals surface area contributed by atoms with E-state index >= 15 is 0 Å². The third-order valence-corrected chi connectivity index (χ3v) is 5.75. The number of morpholine rings is 1. The summed E-state index contributed by atoms with van der Waals surface area (Å²) in [5.41, 5.74) is 2.87. The number of fused-ring (bicyclic) bond motifs is 1.